The van der Waals surface area contributed by atoms with Gasteiger partial charge in [-0.05, 0) is 52.2 Å². The van der Waals surface area contributed by atoms with Crippen LogP contribution in [-0.4, -0.2) is 35.6 Å². The van der Waals surface area contributed by atoms with Crippen molar-refractivity contribution in [2.24, 2.45) is 5.73 Å². The minimum absolute atomic E-state index is 0.135. The number of nitrogens with zero attached hydrogens (tertiary/aromatic N) is 1. The monoisotopic (exact) mass is 317 g/mol. The first kappa shape index (κ1) is 11.7. The van der Waals surface area contributed by atoms with E-state index < -0.39 is 0 Å². The number of hydrogen-bond acceptors (Lipinski definition) is 2. The Balaban J connectivity index is 2.04. The highest BCUT2D eigenvalue weighted by Crippen LogP contribution is 2.42. The van der Waals surface area contributed by atoms with Gasteiger partial charge in [0.1, 0.15) is 0 Å². The van der Waals surface area contributed by atoms with Gasteiger partial charge in [-0.25, -0.2) is 0 Å². The minimum Gasteiger partial charge on any atom is -0.349 e. The van der Waals surface area contributed by atoms with E-state index in [1.54, 1.807) is 0 Å². The number of nitrogens with two attached hydrogens (primary N) is 1. The van der Waals surface area contributed by atoms with E-state index in [0.717, 1.165) is 17.6 Å². The van der Waals surface area contributed by atoms with Crippen LogP contribution in [0.25, 0.3) is 16.5 Å². The molecule has 2 aliphatic rings. The van der Waals surface area contributed by atoms with Crippen LogP contribution in [0.2, 0.25) is 0 Å². The Hall–Kier alpha value is -1.10. The number of likely N-dealkylation sites (N-methyl/N-ethyl adjacent to an activating group) is 1. The van der Waals surface area contributed by atoms with Gasteiger partial charge in [0, 0.05) is 29.5 Å². The average Bonchev–Trinajstić information content (AvgIpc) is 2.69. The molecule has 2 aromatic rings. The summed E-state index contributed by atoms with van der Waals surface area (Å²) in [5.41, 5.74) is 11.5. The molecule has 4 heteroatoms. The predicted octanol–water partition coefficient (Wildman–Crippen LogP) is 2.51. The third kappa shape index (κ3) is 1.57. The molecule has 0 saturated carbocycles. The van der Waals surface area contributed by atoms with Crippen LogP contribution in [-0.2, 0) is 6.42 Å². The molecule has 0 fully saturated rings. The van der Waals surface area contributed by atoms with Crippen LogP contribution in [0.3, 0.4) is 0 Å². The fourth-order valence-corrected chi connectivity index (χ4v) is 4.11. The second-order valence-electron chi connectivity index (χ2n) is 5.59. The number of nitrogens with one attached hydrogen (secondary N) is 1. The van der Waals surface area contributed by atoms with Crippen LogP contribution in [0.15, 0.2) is 28.9 Å². The van der Waals surface area contributed by atoms with Crippen LogP contribution >= 0.6 is 15.9 Å². The summed E-state index contributed by atoms with van der Waals surface area (Å²) in [6.07, 6.45) is 3.30. The summed E-state index contributed by atoms with van der Waals surface area (Å²) in [5.74, 6) is 0. The highest BCUT2D eigenvalue weighted by Gasteiger charge is 2.33. The number of aromatic amines is 1. The topological polar surface area (TPSA) is 45.0 Å². The van der Waals surface area contributed by atoms with E-state index in [4.69, 9.17) is 5.73 Å². The maximum absolute atomic E-state index is 6.15. The van der Waals surface area contributed by atoms with Gasteiger partial charge in [-0.3, -0.25) is 4.90 Å². The lowest BCUT2D eigenvalue weighted by Crippen LogP contribution is -2.47. The molecule has 19 heavy (non-hydrogen) atoms. The van der Waals surface area contributed by atoms with E-state index in [-0.39, 0.29) is 6.04 Å². The van der Waals surface area contributed by atoms with E-state index in [9.17, 15) is 0 Å². The lowest BCUT2D eigenvalue weighted by Gasteiger charge is -2.39. The highest BCUT2D eigenvalue weighted by atomic mass is 79.9. The Morgan fingerprint density at radius 1 is 1.42 bits per heavy atom. The van der Waals surface area contributed by atoms with Crippen molar-refractivity contribution < 1.29 is 0 Å². The van der Waals surface area contributed by atoms with Crippen molar-refractivity contribution in [3.05, 3.63) is 40.0 Å². The van der Waals surface area contributed by atoms with Gasteiger partial charge in [0.2, 0.25) is 0 Å². The Morgan fingerprint density at radius 2 is 2.26 bits per heavy atom. The molecule has 1 aliphatic heterocycles. The Kier molecular flexibility index (Phi) is 2.43. The minimum atomic E-state index is 0.135. The SMILES string of the molecule is CN1C[C@@H](N)C=C2c3cccc4[nH]c(Br)c(c34)C[C@H]21. The predicted molar refractivity (Wildman–Crippen MR) is 82.1 cm³/mol. The van der Waals surface area contributed by atoms with Crippen LogP contribution < -0.4 is 5.73 Å². The molecule has 0 saturated heterocycles. The largest absolute Gasteiger partial charge is 0.349 e. The number of H-pyrrole nitrogens is 1. The van der Waals surface area contributed by atoms with Crippen molar-refractivity contribution in [2.75, 3.05) is 13.6 Å². The van der Waals surface area contributed by atoms with Crippen LogP contribution in [0, 0.1) is 0 Å². The lowest BCUT2D eigenvalue weighted by atomic mass is 9.81. The third-order valence-corrected chi connectivity index (χ3v) is 5.04. The quantitative estimate of drug-likeness (QED) is 0.784. The Bertz CT molecular complexity index is 701. The molecule has 3 N–H and O–H groups in total. The van der Waals surface area contributed by atoms with Crippen molar-refractivity contribution in [1.82, 2.24) is 9.88 Å². The summed E-state index contributed by atoms with van der Waals surface area (Å²) < 4.78 is 1.12. The van der Waals surface area contributed by atoms with Crippen molar-refractivity contribution >= 4 is 32.4 Å². The van der Waals surface area contributed by atoms with Crippen molar-refractivity contribution in [1.29, 1.82) is 0 Å². The van der Waals surface area contributed by atoms with Gasteiger partial charge in [-0.1, -0.05) is 18.2 Å². The fourth-order valence-electron chi connectivity index (χ4n) is 3.54. The second kappa shape index (κ2) is 3.95. The molecular formula is C15H16BrN3. The molecule has 0 bridgehead atoms. The fraction of sp³-hybridized carbons (Fsp3) is 0.333. The van der Waals surface area contributed by atoms with Gasteiger partial charge in [-0.15, -0.1) is 0 Å². The van der Waals surface area contributed by atoms with Crippen molar-refractivity contribution in [3.63, 3.8) is 0 Å². The molecule has 1 aromatic carbocycles. The summed E-state index contributed by atoms with van der Waals surface area (Å²) >= 11 is 3.67. The summed E-state index contributed by atoms with van der Waals surface area (Å²) in [6.45, 7) is 0.932. The molecule has 4 rings (SSSR count). The number of aromatic nitrogens is 1. The van der Waals surface area contributed by atoms with Gasteiger partial charge in [0.25, 0.3) is 0 Å². The summed E-state index contributed by atoms with van der Waals surface area (Å²) in [4.78, 5) is 5.81. The molecule has 98 valence electrons. The zero-order valence-electron chi connectivity index (χ0n) is 10.8. The van der Waals surface area contributed by atoms with E-state index >= 15 is 0 Å². The highest BCUT2D eigenvalue weighted by molar-refractivity contribution is 9.10. The number of rotatable bonds is 0. The second-order valence-corrected chi connectivity index (χ2v) is 6.38. The van der Waals surface area contributed by atoms with Crippen LogP contribution in [0.4, 0.5) is 0 Å². The standard InChI is InChI=1S/C15H16BrN3/c1-19-7-8(17)5-10-9-3-2-4-12-14(9)11(6-13(10)19)15(16)18-12/h2-5,8,13,18H,6-7,17H2,1H3/t8-,13+/m0/s1. The smallest absolute Gasteiger partial charge is 0.0864 e. The molecule has 0 unspecified atom stereocenters. The van der Waals surface area contributed by atoms with E-state index in [1.165, 1.54) is 27.6 Å². The average molecular weight is 318 g/mol. The number of hydrogen-bond donors (Lipinski definition) is 2. The molecule has 0 radical (unpaired) electrons. The van der Waals surface area contributed by atoms with Gasteiger partial charge in [0.05, 0.1) is 4.60 Å². The summed E-state index contributed by atoms with van der Waals surface area (Å²) in [5, 5.41) is 1.36. The first-order chi connectivity index (χ1) is 9.15. The van der Waals surface area contributed by atoms with Gasteiger partial charge in [-0.2, -0.15) is 0 Å². The molecule has 1 aliphatic carbocycles. The van der Waals surface area contributed by atoms with E-state index in [2.05, 4.69) is 57.1 Å². The van der Waals surface area contributed by atoms with Crippen LogP contribution in [0.5, 0.6) is 0 Å². The molecule has 2 heterocycles. The van der Waals surface area contributed by atoms with E-state index in [1.807, 2.05) is 0 Å². The normalized spacial score (nSPS) is 26.4. The first-order valence-corrected chi connectivity index (χ1v) is 7.41. The van der Waals surface area contributed by atoms with Gasteiger partial charge >= 0.3 is 0 Å². The zero-order valence-corrected chi connectivity index (χ0v) is 12.4. The third-order valence-electron chi connectivity index (χ3n) is 4.37. The number of benzene rings is 1. The molecular weight excluding hydrogens is 302 g/mol. The maximum atomic E-state index is 6.15. The lowest BCUT2D eigenvalue weighted by molar-refractivity contribution is 0.268. The maximum Gasteiger partial charge on any atom is 0.0864 e. The molecule has 0 spiro atoms. The molecule has 3 nitrogen and oxygen atoms in total. The Morgan fingerprint density at radius 3 is 3.11 bits per heavy atom. The van der Waals surface area contributed by atoms with Gasteiger partial charge in [0.15, 0.2) is 0 Å². The summed E-state index contributed by atoms with van der Waals surface area (Å²) in [7, 11) is 2.17. The van der Waals surface area contributed by atoms with Gasteiger partial charge < -0.3 is 10.7 Å². The number of fused-ring (bicyclic) bond motifs is 2. The molecule has 1 aromatic heterocycles. The van der Waals surface area contributed by atoms with E-state index in [0.29, 0.717) is 6.04 Å². The zero-order chi connectivity index (χ0) is 13.1. The van der Waals surface area contributed by atoms with Crippen molar-refractivity contribution in [3.8, 4) is 0 Å². The molecule has 0 amide bonds. The molecule has 2 atom stereocenters. The van der Waals surface area contributed by atoms with Crippen LogP contribution in [0.1, 0.15) is 11.1 Å². The first-order valence-electron chi connectivity index (χ1n) is 6.62. The summed E-state index contributed by atoms with van der Waals surface area (Å²) in [6, 6.07) is 7.06. The number of halogens is 1. The Labute approximate surface area is 120 Å². The van der Waals surface area contributed by atoms with Crippen molar-refractivity contribution in [2.45, 2.75) is 18.5 Å².